The van der Waals surface area contributed by atoms with Crippen LogP contribution in [0.4, 0.5) is 30.7 Å². The third kappa shape index (κ3) is 7.03. The van der Waals surface area contributed by atoms with Crippen molar-refractivity contribution in [3.05, 3.63) is 0 Å². The molecule has 0 amide bonds. The number of esters is 1. The minimum atomic E-state index is -6.54. The molecule has 0 rings (SSSR count). The van der Waals surface area contributed by atoms with Crippen molar-refractivity contribution in [2.24, 2.45) is 0 Å². The van der Waals surface area contributed by atoms with Crippen molar-refractivity contribution >= 4 is 17.6 Å². The smallest absolute Gasteiger partial charge is 0.460 e. The van der Waals surface area contributed by atoms with Crippen LogP contribution in [0.2, 0.25) is 0 Å². The average Bonchev–Trinajstić information content (AvgIpc) is 2.47. The van der Waals surface area contributed by atoms with Crippen LogP contribution in [0.1, 0.15) is 51.4 Å². The van der Waals surface area contributed by atoms with Crippen molar-refractivity contribution in [1.82, 2.24) is 0 Å². The highest BCUT2D eigenvalue weighted by molar-refractivity contribution is 6.17. The Labute approximate surface area is 140 Å². The number of rotatable bonds is 12. The number of hydrogen-bond acceptors (Lipinski definition) is 2. The molecule has 0 heterocycles. The molecule has 0 aliphatic heterocycles. The third-order valence-electron chi connectivity index (χ3n) is 3.27. The number of unbranched alkanes of at least 4 members (excludes halogenated alkanes) is 7. The van der Waals surface area contributed by atoms with Gasteiger partial charge in [-0.1, -0.05) is 38.5 Å². The summed E-state index contributed by atoms with van der Waals surface area (Å²) in [6.07, 6.45) is -0.485. The van der Waals surface area contributed by atoms with Gasteiger partial charge in [0.2, 0.25) is 0 Å². The lowest BCUT2D eigenvalue weighted by Gasteiger charge is -2.26. The Morgan fingerprint density at radius 3 is 1.58 bits per heavy atom. The fraction of sp³-hybridized carbons (Fsp3) is 0.929. The molecule has 0 N–H and O–H groups in total. The van der Waals surface area contributed by atoms with Crippen molar-refractivity contribution in [2.45, 2.75) is 69.4 Å². The normalized spacial score (nSPS) is 13.2. The van der Waals surface area contributed by atoms with E-state index in [1.807, 2.05) is 0 Å². The van der Waals surface area contributed by atoms with Gasteiger partial charge in [0.05, 0.1) is 6.61 Å². The van der Waals surface area contributed by atoms with E-state index in [2.05, 4.69) is 4.74 Å². The maximum atomic E-state index is 12.9. The highest BCUT2D eigenvalue weighted by atomic mass is 35.5. The Bertz CT molecular complexity index is 373. The van der Waals surface area contributed by atoms with Crippen LogP contribution in [0.25, 0.3) is 0 Å². The first-order chi connectivity index (χ1) is 11.0. The molecule has 0 saturated carbocycles. The first kappa shape index (κ1) is 23.3. The molecule has 0 atom stereocenters. The van der Waals surface area contributed by atoms with E-state index in [-0.39, 0.29) is 6.42 Å². The van der Waals surface area contributed by atoms with Crippen LogP contribution in [0.5, 0.6) is 0 Å². The van der Waals surface area contributed by atoms with Crippen LogP contribution >= 0.6 is 11.6 Å². The van der Waals surface area contributed by atoms with Crippen LogP contribution in [0, 0.1) is 0 Å². The minimum absolute atomic E-state index is 0.112. The zero-order valence-electron chi connectivity index (χ0n) is 12.9. The van der Waals surface area contributed by atoms with Gasteiger partial charge in [0, 0.05) is 5.88 Å². The molecule has 0 radical (unpaired) electrons. The fourth-order valence-electron chi connectivity index (χ4n) is 1.82. The SMILES string of the molecule is O=C(OCCCCCCCCCCCl)C(F)(F)C(F)(F)C(F)(F)F. The van der Waals surface area contributed by atoms with Crippen molar-refractivity contribution < 1.29 is 40.3 Å². The Morgan fingerprint density at radius 2 is 1.17 bits per heavy atom. The average molecular weight is 389 g/mol. The number of hydrogen-bond donors (Lipinski definition) is 0. The molecule has 0 aliphatic rings. The van der Waals surface area contributed by atoms with Crippen molar-refractivity contribution in [3.8, 4) is 0 Å². The van der Waals surface area contributed by atoms with Crippen molar-refractivity contribution in [3.63, 3.8) is 0 Å². The maximum Gasteiger partial charge on any atom is 0.460 e. The number of carbonyl (C=O) groups excluding carboxylic acids is 1. The van der Waals surface area contributed by atoms with Gasteiger partial charge in [-0.05, 0) is 12.8 Å². The number of carbonyl (C=O) groups is 1. The molecule has 0 saturated heterocycles. The van der Waals surface area contributed by atoms with Gasteiger partial charge in [0.1, 0.15) is 0 Å². The third-order valence-corrected chi connectivity index (χ3v) is 3.54. The molecule has 0 aromatic rings. The predicted molar refractivity (Wildman–Crippen MR) is 74.6 cm³/mol. The lowest BCUT2D eigenvalue weighted by Crippen LogP contribution is -2.56. The van der Waals surface area contributed by atoms with Crippen LogP contribution in [0.3, 0.4) is 0 Å². The number of ether oxygens (including phenoxy) is 1. The summed E-state index contributed by atoms with van der Waals surface area (Å²) < 4.78 is 90.5. The van der Waals surface area contributed by atoms with Crippen LogP contribution < -0.4 is 0 Å². The second kappa shape index (κ2) is 10.3. The number of halogens is 8. The van der Waals surface area contributed by atoms with E-state index in [4.69, 9.17) is 11.6 Å². The lowest BCUT2D eigenvalue weighted by atomic mass is 10.1. The summed E-state index contributed by atoms with van der Waals surface area (Å²) in [6.45, 7) is -0.630. The molecular formula is C14H20ClF7O2. The van der Waals surface area contributed by atoms with Gasteiger partial charge in [-0.3, -0.25) is 0 Å². The maximum absolute atomic E-state index is 12.9. The van der Waals surface area contributed by atoms with E-state index < -0.39 is 30.6 Å². The minimum Gasteiger partial charge on any atom is -0.461 e. The summed E-state index contributed by atoms with van der Waals surface area (Å²) in [4.78, 5) is 10.8. The van der Waals surface area contributed by atoms with Crippen LogP contribution in [-0.2, 0) is 9.53 Å². The summed E-state index contributed by atoms with van der Waals surface area (Å²) >= 11 is 5.51. The van der Waals surface area contributed by atoms with E-state index in [1.165, 1.54) is 0 Å². The molecule has 0 unspecified atom stereocenters. The number of alkyl halides is 8. The molecule has 0 spiro atoms. The summed E-state index contributed by atoms with van der Waals surface area (Å²) in [7, 11) is 0. The summed E-state index contributed by atoms with van der Waals surface area (Å²) in [6, 6.07) is 0. The molecule has 10 heteroatoms. The second-order valence-electron chi connectivity index (χ2n) is 5.30. The lowest BCUT2D eigenvalue weighted by molar-refractivity contribution is -0.348. The van der Waals surface area contributed by atoms with Crippen LogP contribution in [0.15, 0.2) is 0 Å². The van der Waals surface area contributed by atoms with E-state index >= 15 is 0 Å². The van der Waals surface area contributed by atoms with Crippen LogP contribution in [-0.4, -0.2) is 36.5 Å². The van der Waals surface area contributed by atoms with Gasteiger partial charge in [0.25, 0.3) is 0 Å². The molecule has 0 bridgehead atoms. The topological polar surface area (TPSA) is 26.3 Å². The zero-order valence-corrected chi connectivity index (χ0v) is 13.7. The van der Waals surface area contributed by atoms with Gasteiger partial charge in [0.15, 0.2) is 0 Å². The quantitative estimate of drug-likeness (QED) is 0.185. The molecule has 2 nitrogen and oxygen atoms in total. The van der Waals surface area contributed by atoms with E-state index in [0.717, 1.165) is 32.1 Å². The van der Waals surface area contributed by atoms with Crippen molar-refractivity contribution in [2.75, 3.05) is 12.5 Å². The van der Waals surface area contributed by atoms with Gasteiger partial charge in [-0.2, -0.15) is 30.7 Å². The Balaban J connectivity index is 3.98. The molecule has 0 aliphatic carbocycles. The highest BCUT2D eigenvalue weighted by Crippen LogP contribution is 2.46. The summed E-state index contributed by atoms with van der Waals surface area (Å²) in [5.74, 6) is -14.7. The summed E-state index contributed by atoms with van der Waals surface area (Å²) in [5, 5.41) is 0. The monoisotopic (exact) mass is 388 g/mol. The predicted octanol–water partition coefficient (Wildman–Crippen LogP) is 5.72. The van der Waals surface area contributed by atoms with Gasteiger partial charge >= 0.3 is 24.0 Å². The zero-order chi connectivity index (χ0) is 18.9. The second-order valence-corrected chi connectivity index (χ2v) is 5.68. The standard InChI is InChI=1S/C14H20ClF7O2/c15-9-7-5-3-1-2-4-6-8-10-24-11(23)12(16,17)13(18,19)14(20,21)22/h1-10H2. The van der Waals surface area contributed by atoms with Gasteiger partial charge in [-0.25, -0.2) is 4.79 Å². The van der Waals surface area contributed by atoms with E-state index in [9.17, 15) is 35.5 Å². The largest absolute Gasteiger partial charge is 0.461 e. The molecule has 24 heavy (non-hydrogen) atoms. The molecule has 0 aromatic heterocycles. The van der Waals surface area contributed by atoms with Gasteiger partial charge < -0.3 is 4.74 Å². The van der Waals surface area contributed by atoms with E-state index in [1.54, 1.807) is 0 Å². The van der Waals surface area contributed by atoms with Gasteiger partial charge in [-0.15, -0.1) is 11.6 Å². The highest BCUT2D eigenvalue weighted by Gasteiger charge is 2.77. The Hall–Kier alpha value is -0.730. The van der Waals surface area contributed by atoms with E-state index in [0.29, 0.717) is 18.7 Å². The fourth-order valence-corrected chi connectivity index (χ4v) is 2.01. The Morgan fingerprint density at radius 1 is 0.750 bits per heavy atom. The van der Waals surface area contributed by atoms with Crippen molar-refractivity contribution in [1.29, 1.82) is 0 Å². The molecule has 0 fully saturated rings. The first-order valence-electron chi connectivity index (χ1n) is 7.54. The Kier molecular flexibility index (Phi) is 9.99. The first-order valence-corrected chi connectivity index (χ1v) is 8.07. The summed E-state index contributed by atoms with van der Waals surface area (Å²) in [5.41, 5.74) is 0. The molecule has 144 valence electrons. The molecule has 0 aromatic carbocycles. The molecular weight excluding hydrogens is 369 g/mol.